The maximum Gasteiger partial charge on any atom is 0.418 e. The molecule has 0 fully saturated rings. The lowest BCUT2D eigenvalue weighted by Crippen LogP contribution is -2.27. The lowest BCUT2D eigenvalue weighted by atomic mass is 10.1. The van der Waals surface area contributed by atoms with E-state index in [1.807, 2.05) is 0 Å². The van der Waals surface area contributed by atoms with E-state index in [1.54, 1.807) is 86.9 Å². The molecule has 6 rings (SSSR count). The van der Waals surface area contributed by atoms with Crippen LogP contribution in [0.2, 0.25) is 0 Å². The van der Waals surface area contributed by atoms with E-state index in [0.717, 1.165) is 0 Å². The van der Waals surface area contributed by atoms with E-state index in [-0.39, 0.29) is 34.5 Å². The van der Waals surface area contributed by atoms with Crippen LogP contribution in [0.25, 0.3) is 11.9 Å². The van der Waals surface area contributed by atoms with Gasteiger partial charge in [-0.3, -0.25) is 9.59 Å². The number of carbonyl (C=O) groups is 2. The highest BCUT2D eigenvalue weighted by molar-refractivity contribution is 7.34. The molecule has 0 saturated carbocycles. The molecule has 18 heteroatoms. The Bertz CT molecular complexity index is 1980. The number of aromatic hydroxyl groups is 2. The molecule has 0 aliphatic rings. The number of aromatic nitrogens is 8. The molecule has 0 spiro atoms. The van der Waals surface area contributed by atoms with Gasteiger partial charge in [0.1, 0.15) is 22.6 Å². The van der Waals surface area contributed by atoms with Crippen molar-refractivity contribution >= 4 is 20.1 Å². The van der Waals surface area contributed by atoms with Crippen LogP contribution in [0.1, 0.15) is 57.8 Å². The molecule has 0 aliphatic heterocycles. The SMILES string of the molecule is CC(NC(=O)c1cnc(-n2cccn2)nc1O)c1ccc(O[PH](=O)Oc2ccc(C(C)NC(=O)c3cnc(-n4cccn4)nc3O)cc2)cc1. The fraction of sp³-hybridized carbons (Fsp3) is 0.125. The average Bonchev–Trinajstić information content (AvgIpc) is 3.85. The van der Waals surface area contributed by atoms with Crippen LogP contribution in [0, 0.1) is 0 Å². The van der Waals surface area contributed by atoms with Crippen LogP contribution < -0.4 is 19.7 Å². The highest BCUT2D eigenvalue weighted by Crippen LogP contribution is 2.32. The predicted octanol–water partition coefficient (Wildman–Crippen LogP) is 3.88. The number of hydrogen-bond acceptors (Lipinski definition) is 13. The molecule has 0 radical (unpaired) electrons. The van der Waals surface area contributed by atoms with E-state index in [9.17, 15) is 24.4 Å². The molecule has 17 nitrogen and oxygen atoms in total. The Balaban J connectivity index is 0.983. The summed E-state index contributed by atoms with van der Waals surface area (Å²) in [6.07, 6.45) is 8.72. The molecule has 0 bridgehead atoms. The van der Waals surface area contributed by atoms with Gasteiger partial charge in [-0.1, -0.05) is 24.3 Å². The first-order valence-corrected chi connectivity index (χ1v) is 16.2. The zero-order valence-electron chi connectivity index (χ0n) is 26.4. The van der Waals surface area contributed by atoms with Gasteiger partial charge in [0.2, 0.25) is 11.8 Å². The van der Waals surface area contributed by atoms with Gasteiger partial charge in [-0.05, 0) is 61.4 Å². The van der Waals surface area contributed by atoms with Crippen LogP contribution in [-0.2, 0) is 4.57 Å². The summed E-state index contributed by atoms with van der Waals surface area (Å²) in [7, 11) is -3.00. The third-order valence-corrected chi connectivity index (χ3v) is 8.08. The second-order valence-corrected chi connectivity index (χ2v) is 11.6. The number of hydrogen-bond donors (Lipinski definition) is 4. The van der Waals surface area contributed by atoms with Crippen LogP contribution in [0.4, 0.5) is 0 Å². The molecule has 6 aromatic rings. The Kier molecular flexibility index (Phi) is 9.76. The molecule has 254 valence electrons. The molecular weight excluding hydrogens is 667 g/mol. The minimum Gasteiger partial charge on any atom is -0.493 e. The van der Waals surface area contributed by atoms with Gasteiger partial charge in [0.05, 0.1) is 12.1 Å². The van der Waals surface area contributed by atoms with Crippen molar-refractivity contribution in [3.8, 4) is 35.2 Å². The topological polar surface area (TPSA) is 221 Å². The minimum atomic E-state index is -3.00. The van der Waals surface area contributed by atoms with Crippen molar-refractivity contribution in [2.75, 3.05) is 0 Å². The monoisotopic (exact) mass is 696 g/mol. The Hall–Kier alpha value is -6.61. The van der Waals surface area contributed by atoms with Gasteiger partial charge < -0.3 is 29.9 Å². The summed E-state index contributed by atoms with van der Waals surface area (Å²) in [4.78, 5) is 41.6. The molecule has 0 aliphatic carbocycles. The molecule has 2 aromatic carbocycles. The minimum absolute atomic E-state index is 0.0981. The average molecular weight is 697 g/mol. The third-order valence-electron chi connectivity index (χ3n) is 7.28. The maximum atomic E-state index is 12.8. The van der Waals surface area contributed by atoms with E-state index in [4.69, 9.17) is 9.05 Å². The second kappa shape index (κ2) is 14.7. The Labute approximate surface area is 284 Å². The quantitative estimate of drug-likeness (QED) is 0.134. The molecule has 2 unspecified atom stereocenters. The van der Waals surface area contributed by atoms with Gasteiger partial charge in [0.15, 0.2) is 0 Å². The van der Waals surface area contributed by atoms with Crippen molar-refractivity contribution in [3.63, 3.8) is 0 Å². The Morgan fingerprint density at radius 2 is 1.10 bits per heavy atom. The number of rotatable bonds is 12. The standard InChI is InChI=1S/C32H29N10O7P/c1-19(37-27(43)25-17-33-31(39-29(25)45)41-15-3-13-35-41)21-5-9-23(10-6-21)48-50(47)49-24-11-7-22(8-12-24)20(2)38-28(44)26-18-34-32(40-30(26)46)42-16-4-14-36-42/h3-20,50H,1-2H3,(H,37,43)(H,38,44)(H,33,39,45)(H,34,40,46). The lowest BCUT2D eigenvalue weighted by molar-refractivity contribution is 0.0927. The van der Waals surface area contributed by atoms with Crippen molar-refractivity contribution in [1.82, 2.24) is 50.1 Å². The summed E-state index contributed by atoms with van der Waals surface area (Å²) in [5.41, 5.74) is 1.23. The summed E-state index contributed by atoms with van der Waals surface area (Å²) >= 11 is 0. The first kappa shape index (κ1) is 33.3. The molecule has 0 saturated heterocycles. The fourth-order valence-electron chi connectivity index (χ4n) is 4.62. The number of amides is 2. The lowest BCUT2D eigenvalue weighted by Gasteiger charge is -2.16. The zero-order chi connectivity index (χ0) is 35.2. The van der Waals surface area contributed by atoms with Gasteiger partial charge in [-0.2, -0.15) is 20.2 Å². The fourth-order valence-corrected chi connectivity index (χ4v) is 5.32. The van der Waals surface area contributed by atoms with E-state index in [2.05, 4.69) is 40.8 Å². The molecule has 2 amide bonds. The van der Waals surface area contributed by atoms with E-state index >= 15 is 0 Å². The normalized spacial score (nSPS) is 12.8. The number of benzene rings is 2. The van der Waals surface area contributed by atoms with Crippen molar-refractivity contribution in [2.24, 2.45) is 0 Å². The van der Waals surface area contributed by atoms with E-state index in [1.165, 1.54) is 34.2 Å². The van der Waals surface area contributed by atoms with Gasteiger partial charge in [0.25, 0.3) is 23.7 Å². The van der Waals surface area contributed by atoms with Gasteiger partial charge in [0, 0.05) is 37.2 Å². The third kappa shape index (κ3) is 7.74. The van der Waals surface area contributed by atoms with Crippen LogP contribution in [0.3, 0.4) is 0 Å². The smallest absolute Gasteiger partial charge is 0.418 e. The highest BCUT2D eigenvalue weighted by atomic mass is 31.1. The number of nitrogens with zero attached hydrogens (tertiary/aromatic N) is 8. The second-order valence-electron chi connectivity index (χ2n) is 10.7. The zero-order valence-corrected chi connectivity index (χ0v) is 27.4. The van der Waals surface area contributed by atoms with Gasteiger partial charge in [-0.15, -0.1) is 0 Å². The molecule has 4 N–H and O–H groups in total. The summed E-state index contributed by atoms with van der Waals surface area (Å²) in [6.45, 7) is 3.51. The van der Waals surface area contributed by atoms with Crippen LogP contribution >= 0.6 is 8.25 Å². The van der Waals surface area contributed by atoms with Gasteiger partial charge in [-0.25, -0.2) is 23.9 Å². The summed E-state index contributed by atoms with van der Waals surface area (Å²) in [5, 5.41) is 34.1. The first-order chi connectivity index (χ1) is 24.1. The van der Waals surface area contributed by atoms with Crippen LogP contribution in [0.5, 0.6) is 23.3 Å². The number of carbonyl (C=O) groups excluding carboxylic acids is 2. The summed E-state index contributed by atoms with van der Waals surface area (Å²) < 4.78 is 26.3. The molecule has 2 atom stereocenters. The molecule has 4 aromatic heterocycles. The number of nitrogens with one attached hydrogen (secondary N) is 2. The van der Waals surface area contributed by atoms with Crippen molar-refractivity contribution in [2.45, 2.75) is 25.9 Å². The first-order valence-electron chi connectivity index (χ1n) is 15.0. The molecular formula is C32H29N10O7P. The molecule has 4 heterocycles. The van der Waals surface area contributed by atoms with Crippen molar-refractivity contribution in [1.29, 1.82) is 0 Å². The van der Waals surface area contributed by atoms with Gasteiger partial charge >= 0.3 is 8.25 Å². The Morgan fingerprint density at radius 1 is 0.700 bits per heavy atom. The van der Waals surface area contributed by atoms with Crippen LogP contribution in [0.15, 0.2) is 97.8 Å². The summed E-state index contributed by atoms with van der Waals surface area (Å²) in [6, 6.07) is 15.5. The highest BCUT2D eigenvalue weighted by Gasteiger charge is 2.20. The van der Waals surface area contributed by atoms with Crippen LogP contribution in [-0.4, -0.2) is 61.5 Å². The maximum absolute atomic E-state index is 12.8. The van der Waals surface area contributed by atoms with Crippen molar-refractivity contribution < 1.29 is 33.4 Å². The summed E-state index contributed by atoms with van der Waals surface area (Å²) in [5.74, 6) is -1.31. The molecule has 50 heavy (non-hydrogen) atoms. The Morgan fingerprint density at radius 3 is 1.44 bits per heavy atom. The predicted molar refractivity (Wildman–Crippen MR) is 177 cm³/mol. The van der Waals surface area contributed by atoms with E-state index in [0.29, 0.717) is 11.1 Å². The van der Waals surface area contributed by atoms with E-state index < -0.39 is 43.9 Å². The van der Waals surface area contributed by atoms with Crippen molar-refractivity contribution in [3.05, 3.63) is 120 Å². The largest absolute Gasteiger partial charge is 0.493 e.